The summed E-state index contributed by atoms with van der Waals surface area (Å²) in [5.74, 6) is -0.241. The van der Waals surface area contributed by atoms with Crippen molar-refractivity contribution in [2.75, 3.05) is 6.61 Å². The summed E-state index contributed by atoms with van der Waals surface area (Å²) in [7, 11) is 0. The third kappa shape index (κ3) is 21.1. The lowest BCUT2D eigenvalue weighted by atomic mass is 10.1. The molecule has 0 aliphatic heterocycles. The number of hydrogen-bond acceptors (Lipinski definition) is 3. The summed E-state index contributed by atoms with van der Waals surface area (Å²) >= 11 is 0. The average Bonchev–Trinajstić information content (AvgIpc) is 2.62. The van der Waals surface area contributed by atoms with E-state index in [-0.39, 0.29) is 5.97 Å². The fourth-order valence-corrected chi connectivity index (χ4v) is 2.86. The number of carbonyl (C=O) groups is 1. The van der Waals surface area contributed by atoms with E-state index in [4.69, 9.17) is 0 Å². The molecule has 0 aliphatic carbocycles. The maximum Gasteiger partial charge on any atom is 0.342 e. The average molecular weight is 355 g/mol. The molecule has 0 aromatic rings. The molecular weight excluding hydrogens is 312 g/mol. The summed E-state index contributed by atoms with van der Waals surface area (Å²) in [6.45, 7) is 4.49. The second-order valence-electron chi connectivity index (χ2n) is 6.90. The highest BCUT2D eigenvalue weighted by atomic mass is 17.2. The van der Waals surface area contributed by atoms with Crippen molar-refractivity contribution in [2.24, 2.45) is 0 Å². The minimum atomic E-state index is -0.241. The van der Waals surface area contributed by atoms with Gasteiger partial charge in [-0.3, -0.25) is 4.89 Å². The van der Waals surface area contributed by atoms with E-state index < -0.39 is 0 Å². The Bertz CT molecular complexity index is 300. The molecule has 0 aliphatic rings. The lowest BCUT2D eigenvalue weighted by molar-refractivity contribution is -0.269. The van der Waals surface area contributed by atoms with Gasteiger partial charge in [-0.1, -0.05) is 83.3 Å². The molecule has 0 spiro atoms. The van der Waals surface area contributed by atoms with Gasteiger partial charge in [-0.25, -0.2) is 4.79 Å². The molecule has 0 aromatic carbocycles. The second kappa shape index (κ2) is 21.2. The number of rotatable bonds is 19. The summed E-state index contributed by atoms with van der Waals surface area (Å²) in [4.78, 5) is 20.4. The molecule has 0 bridgehead atoms. The molecule has 0 unspecified atom stereocenters. The van der Waals surface area contributed by atoms with Crippen molar-refractivity contribution in [1.82, 2.24) is 0 Å². The molecule has 148 valence electrons. The monoisotopic (exact) mass is 354 g/mol. The van der Waals surface area contributed by atoms with Crippen molar-refractivity contribution < 1.29 is 14.6 Å². The van der Waals surface area contributed by atoms with E-state index in [0.717, 1.165) is 12.8 Å². The van der Waals surface area contributed by atoms with Crippen LogP contribution in [-0.2, 0) is 14.6 Å². The van der Waals surface area contributed by atoms with Crippen LogP contribution >= 0.6 is 0 Å². The number of carbonyl (C=O) groups excluding carboxylic acids is 1. The normalized spacial score (nSPS) is 11.3. The Morgan fingerprint density at radius 1 is 0.680 bits per heavy atom. The Balaban J connectivity index is 3.13. The molecular formula is C22H42O3. The van der Waals surface area contributed by atoms with Crippen LogP contribution in [0.1, 0.15) is 117 Å². The van der Waals surface area contributed by atoms with Gasteiger partial charge in [0.2, 0.25) is 0 Å². The molecule has 0 heterocycles. The molecule has 0 atom stereocenters. The van der Waals surface area contributed by atoms with E-state index in [2.05, 4.69) is 28.9 Å². The van der Waals surface area contributed by atoms with Crippen LogP contribution in [-0.4, -0.2) is 12.6 Å². The predicted octanol–water partition coefficient (Wildman–Crippen LogP) is 7.30. The first-order valence-corrected chi connectivity index (χ1v) is 10.8. The summed E-state index contributed by atoms with van der Waals surface area (Å²) < 4.78 is 0. The van der Waals surface area contributed by atoms with Crippen molar-refractivity contribution in [3.63, 3.8) is 0 Å². The highest BCUT2D eigenvalue weighted by Crippen LogP contribution is 2.11. The van der Waals surface area contributed by atoms with Gasteiger partial charge in [0.15, 0.2) is 0 Å². The van der Waals surface area contributed by atoms with Crippen LogP contribution in [0.25, 0.3) is 0 Å². The maximum absolute atomic E-state index is 11.2. The number of unbranched alkanes of at least 4 members (excludes halogenated alkanes) is 13. The molecule has 0 amide bonds. The molecule has 0 rings (SSSR count). The predicted molar refractivity (Wildman–Crippen MR) is 106 cm³/mol. The van der Waals surface area contributed by atoms with Crippen molar-refractivity contribution in [2.45, 2.75) is 117 Å². The summed E-state index contributed by atoms with van der Waals surface area (Å²) in [6, 6.07) is 0. The first-order chi connectivity index (χ1) is 12.3. The maximum atomic E-state index is 11.2. The zero-order valence-corrected chi connectivity index (χ0v) is 16.9. The Kier molecular flexibility index (Phi) is 20.5. The lowest BCUT2D eigenvalue weighted by Crippen LogP contribution is -2.04. The Morgan fingerprint density at radius 2 is 1.16 bits per heavy atom. The van der Waals surface area contributed by atoms with Gasteiger partial charge in [-0.05, 0) is 39.0 Å². The van der Waals surface area contributed by atoms with Crippen molar-refractivity contribution >= 4 is 5.97 Å². The molecule has 0 N–H and O–H groups in total. The standard InChI is InChI=1S/C22H42O3/c1-3-5-6-7-8-9-10-11-12-13-14-15-16-17-18-19-20-21-22(23)25-24-4-2/h11-12H,3-10,13-21H2,1-2H3/b12-11-. The van der Waals surface area contributed by atoms with Crippen molar-refractivity contribution in [3.05, 3.63) is 12.2 Å². The minimum Gasteiger partial charge on any atom is -0.298 e. The quantitative estimate of drug-likeness (QED) is 0.106. The van der Waals surface area contributed by atoms with Crippen LogP contribution in [0, 0.1) is 0 Å². The smallest absolute Gasteiger partial charge is 0.298 e. The Morgan fingerprint density at radius 3 is 1.68 bits per heavy atom. The molecule has 25 heavy (non-hydrogen) atoms. The van der Waals surface area contributed by atoms with Crippen LogP contribution in [0.5, 0.6) is 0 Å². The SMILES string of the molecule is CCCCCCCC/C=C\CCCCCCCCCC(=O)OOCC. The van der Waals surface area contributed by atoms with Gasteiger partial charge >= 0.3 is 5.97 Å². The van der Waals surface area contributed by atoms with Crippen LogP contribution in [0.2, 0.25) is 0 Å². The van der Waals surface area contributed by atoms with Crippen LogP contribution in [0.3, 0.4) is 0 Å². The second-order valence-corrected chi connectivity index (χ2v) is 6.90. The lowest BCUT2D eigenvalue weighted by Gasteiger charge is -2.02. The fraction of sp³-hybridized carbons (Fsp3) is 0.864. The van der Waals surface area contributed by atoms with Gasteiger partial charge in [-0.2, -0.15) is 4.89 Å². The number of hydrogen-bond donors (Lipinski definition) is 0. The molecule has 0 saturated heterocycles. The first-order valence-electron chi connectivity index (χ1n) is 10.8. The van der Waals surface area contributed by atoms with E-state index >= 15 is 0 Å². The van der Waals surface area contributed by atoms with Gasteiger partial charge in [0.05, 0.1) is 6.61 Å². The largest absolute Gasteiger partial charge is 0.342 e. The summed E-state index contributed by atoms with van der Waals surface area (Å²) in [6.07, 6.45) is 24.5. The minimum absolute atomic E-state index is 0.241. The molecule has 3 nitrogen and oxygen atoms in total. The third-order valence-electron chi connectivity index (χ3n) is 4.41. The van der Waals surface area contributed by atoms with Gasteiger partial charge in [0.25, 0.3) is 0 Å². The highest BCUT2D eigenvalue weighted by molar-refractivity contribution is 5.68. The van der Waals surface area contributed by atoms with Crippen molar-refractivity contribution in [3.8, 4) is 0 Å². The Labute approximate surface area is 156 Å². The van der Waals surface area contributed by atoms with E-state index in [1.54, 1.807) is 6.92 Å². The molecule has 0 radical (unpaired) electrons. The molecule has 0 fully saturated rings. The van der Waals surface area contributed by atoms with E-state index in [0.29, 0.717) is 13.0 Å². The zero-order valence-electron chi connectivity index (χ0n) is 16.9. The Hall–Kier alpha value is -0.830. The van der Waals surface area contributed by atoms with Gasteiger partial charge in [-0.15, -0.1) is 0 Å². The van der Waals surface area contributed by atoms with Gasteiger partial charge in [0.1, 0.15) is 0 Å². The van der Waals surface area contributed by atoms with Crippen LogP contribution in [0.15, 0.2) is 12.2 Å². The molecule has 0 aromatic heterocycles. The molecule has 3 heteroatoms. The van der Waals surface area contributed by atoms with Gasteiger partial charge < -0.3 is 0 Å². The topological polar surface area (TPSA) is 35.5 Å². The number of allylic oxidation sites excluding steroid dienone is 2. The zero-order chi connectivity index (χ0) is 18.4. The molecule has 0 saturated carbocycles. The van der Waals surface area contributed by atoms with E-state index in [1.807, 2.05) is 0 Å². The third-order valence-corrected chi connectivity index (χ3v) is 4.41. The van der Waals surface area contributed by atoms with Gasteiger partial charge in [0, 0.05) is 6.42 Å². The van der Waals surface area contributed by atoms with Crippen molar-refractivity contribution in [1.29, 1.82) is 0 Å². The van der Waals surface area contributed by atoms with Crippen LogP contribution < -0.4 is 0 Å². The summed E-state index contributed by atoms with van der Waals surface area (Å²) in [5, 5.41) is 0. The first kappa shape index (κ1) is 24.2. The van der Waals surface area contributed by atoms with E-state index in [9.17, 15) is 4.79 Å². The fourth-order valence-electron chi connectivity index (χ4n) is 2.86. The van der Waals surface area contributed by atoms with Crippen LogP contribution in [0.4, 0.5) is 0 Å². The summed E-state index contributed by atoms with van der Waals surface area (Å²) in [5.41, 5.74) is 0. The van der Waals surface area contributed by atoms with E-state index in [1.165, 1.54) is 83.5 Å². The highest BCUT2D eigenvalue weighted by Gasteiger charge is 2.02.